The van der Waals surface area contributed by atoms with Crippen molar-refractivity contribution in [3.05, 3.63) is 65.5 Å². The number of carbonyl (C=O) groups is 1. The van der Waals surface area contributed by atoms with Gasteiger partial charge in [-0.3, -0.25) is 9.48 Å². The quantitative estimate of drug-likeness (QED) is 0.593. The van der Waals surface area contributed by atoms with Gasteiger partial charge in [0.15, 0.2) is 5.82 Å². The minimum atomic E-state index is -4.41. The summed E-state index contributed by atoms with van der Waals surface area (Å²) < 4.78 is 40.5. The van der Waals surface area contributed by atoms with E-state index >= 15 is 0 Å². The Morgan fingerprint density at radius 2 is 1.87 bits per heavy atom. The van der Waals surface area contributed by atoms with Crippen LogP contribution in [0.2, 0.25) is 0 Å². The Bertz CT molecular complexity index is 1150. The molecule has 1 amide bonds. The summed E-state index contributed by atoms with van der Waals surface area (Å²) in [5.41, 5.74) is 2.60. The van der Waals surface area contributed by atoms with Crippen LogP contribution in [0.15, 0.2) is 48.7 Å². The van der Waals surface area contributed by atoms with Crippen LogP contribution < -0.4 is 0 Å². The van der Waals surface area contributed by atoms with Gasteiger partial charge in [-0.15, -0.1) is 0 Å². The van der Waals surface area contributed by atoms with Crippen LogP contribution in [-0.2, 0) is 31.0 Å². The van der Waals surface area contributed by atoms with Crippen molar-refractivity contribution < 1.29 is 18.0 Å². The van der Waals surface area contributed by atoms with Gasteiger partial charge < -0.3 is 4.90 Å². The Kier molecular flexibility index (Phi) is 5.34. The van der Waals surface area contributed by atoms with Crippen molar-refractivity contribution in [2.24, 2.45) is 7.05 Å². The molecule has 3 aromatic rings. The number of hydrogen-bond acceptors (Lipinski definition) is 4. The van der Waals surface area contributed by atoms with Crippen molar-refractivity contribution >= 4 is 5.91 Å². The van der Waals surface area contributed by atoms with Crippen molar-refractivity contribution in [2.45, 2.75) is 26.1 Å². The first-order chi connectivity index (χ1) is 14.8. The van der Waals surface area contributed by atoms with E-state index < -0.39 is 11.7 Å². The molecule has 0 N–H and O–H groups in total. The number of benzene rings is 1. The van der Waals surface area contributed by atoms with E-state index in [1.54, 1.807) is 35.8 Å². The summed E-state index contributed by atoms with van der Waals surface area (Å²) in [7, 11) is 1.80. The number of allylic oxidation sites excluding steroid dienone is 1. The van der Waals surface area contributed by atoms with E-state index in [1.165, 1.54) is 18.2 Å². The molecule has 0 radical (unpaired) electrons. The van der Waals surface area contributed by atoms with Gasteiger partial charge in [0.1, 0.15) is 5.69 Å². The van der Waals surface area contributed by atoms with Gasteiger partial charge in [0.05, 0.1) is 23.5 Å². The van der Waals surface area contributed by atoms with Crippen LogP contribution >= 0.6 is 0 Å². The lowest BCUT2D eigenvalue weighted by atomic mass is 10.00. The van der Waals surface area contributed by atoms with Crippen LogP contribution in [0.3, 0.4) is 0 Å². The topological polar surface area (TPSA) is 63.9 Å². The highest BCUT2D eigenvalue weighted by Crippen LogP contribution is 2.32. The number of aryl methyl sites for hydroxylation is 1. The molecule has 4 rings (SSSR count). The molecule has 0 atom stereocenters. The molecule has 2 aromatic heterocycles. The Balaban J connectivity index is 1.80. The second-order valence-corrected chi connectivity index (χ2v) is 7.28. The summed E-state index contributed by atoms with van der Waals surface area (Å²) in [6.45, 7) is 2.60. The second-order valence-electron chi connectivity index (χ2n) is 7.28. The fourth-order valence-electron chi connectivity index (χ4n) is 3.56. The molecule has 3 heterocycles. The van der Waals surface area contributed by atoms with E-state index in [9.17, 15) is 18.0 Å². The Hall–Kier alpha value is -3.49. The molecule has 1 aliphatic rings. The number of rotatable bonds is 3. The molecule has 9 heteroatoms. The van der Waals surface area contributed by atoms with Gasteiger partial charge in [-0.1, -0.05) is 18.2 Å². The molecule has 1 aliphatic heterocycles. The van der Waals surface area contributed by atoms with Crippen molar-refractivity contribution in [1.82, 2.24) is 24.6 Å². The highest BCUT2D eigenvalue weighted by Gasteiger charge is 2.30. The summed E-state index contributed by atoms with van der Waals surface area (Å²) in [6, 6.07) is 6.58. The fraction of sp³-hybridized carbons (Fsp3) is 0.273. The SMILES string of the molecule is C/C=C/C(=O)N1CCc2c(nc(-c3ccc(C(F)(F)F)cc3)nc2-c2ccn(C)n2)C1. The van der Waals surface area contributed by atoms with E-state index in [2.05, 4.69) is 15.1 Å². The summed E-state index contributed by atoms with van der Waals surface area (Å²) in [6.07, 6.45) is 1.14. The van der Waals surface area contributed by atoms with Gasteiger partial charge >= 0.3 is 6.18 Å². The van der Waals surface area contributed by atoms with Gasteiger partial charge in [0, 0.05) is 30.9 Å². The van der Waals surface area contributed by atoms with Crippen LogP contribution in [0, 0.1) is 0 Å². The zero-order valence-corrected chi connectivity index (χ0v) is 17.0. The van der Waals surface area contributed by atoms with Gasteiger partial charge in [-0.2, -0.15) is 18.3 Å². The predicted molar refractivity (Wildman–Crippen MR) is 109 cm³/mol. The number of alkyl halides is 3. The van der Waals surface area contributed by atoms with Crippen molar-refractivity contribution in [2.75, 3.05) is 6.54 Å². The summed E-state index contributed by atoms with van der Waals surface area (Å²) >= 11 is 0. The van der Waals surface area contributed by atoms with Gasteiger partial charge in [-0.05, 0) is 37.6 Å². The van der Waals surface area contributed by atoms with Crippen molar-refractivity contribution in [3.63, 3.8) is 0 Å². The van der Waals surface area contributed by atoms with Gasteiger partial charge in [-0.25, -0.2) is 9.97 Å². The molecule has 1 aromatic carbocycles. The number of halogens is 3. The number of amides is 1. The molecule has 0 saturated heterocycles. The maximum Gasteiger partial charge on any atom is 0.416 e. The zero-order valence-electron chi connectivity index (χ0n) is 17.0. The largest absolute Gasteiger partial charge is 0.416 e. The maximum atomic E-state index is 12.9. The van der Waals surface area contributed by atoms with Crippen LogP contribution in [0.1, 0.15) is 23.7 Å². The molecule has 6 nitrogen and oxygen atoms in total. The summed E-state index contributed by atoms with van der Waals surface area (Å²) in [5.74, 6) is 0.190. The van der Waals surface area contributed by atoms with E-state index in [0.717, 1.165) is 17.7 Å². The predicted octanol–water partition coefficient (Wildman–Crippen LogP) is 4.02. The van der Waals surface area contributed by atoms with Crippen LogP contribution in [0.5, 0.6) is 0 Å². The minimum Gasteiger partial charge on any atom is -0.333 e. The zero-order chi connectivity index (χ0) is 22.2. The van der Waals surface area contributed by atoms with Crippen LogP contribution in [-0.4, -0.2) is 37.1 Å². The third-order valence-electron chi connectivity index (χ3n) is 5.11. The highest BCUT2D eigenvalue weighted by molar-refractivity contribution is 5.87. The molecule has 0 unspecified atom stereocenters. The van der Waals surface area contributed by atoms with E-state index in [4.69, 9.17) is 0 Å². The first-order valence-electron chi connectivity index (χ1n) is 9.75. The number of fused-ring (bicyclic) bond motifs is 1. The number of nitrogens with zero attached hydrogens (tertiary/aromatic N) is 5. The molecule has 0 saturated carbocycles. The molecule has 0 bridgehead atoms. The lowest BCUT2D eigenvalue weighted by Crippen LogP contribution is -2.36. The van der Waals surface area contributed by atoms with Gasteiger partial charge in [0.2, 0.25) is 5.91 Å². The summed E-state index contributed by atoms with van der Waals surface area (Å²) in [5, 5.41) is 4.44. The molecular weight excluding hydrogens is 407 g/mol. The van der Waals surface area contributed by atoms with E-state index in [-0.39, 0.29) is 5.91 Å². The highest BCUT2D eigenvalue weighted by atomic mass is 19.4. The molecule has 0 aliphatic carbocycles. The average Bonchev–Trinajstić information content (AvgIpc) is 3.18. The molecule has 0 spiro atoms. The summed E-state index contributed by atoms with van der Waals surface area (Å²) in [4.78, 5) is 23.3. The number of carbonyl (C=O) groups excluding carboxylic acids is 1. The van der Waals surface area contributed by atoms with Gasteiger partial charge in [0.25, 0.3) is 0 Å². The second kappa shape index (κ2) is 7.98. The normalized spacial score (nSPS) is 14.2. The molecule has 0 fully saturated rings. The molecule has 160 valence electrons. The maximum absolute atomic E-state index is 12.9. The molecule has 31 heavy (non-hydrogen) atoms. The Morgan fingerprint density at radius 3 is 2.48 bits per heavy atom. The minimum absolute atomic E-state index is 0.109. The third kappa shape index (κ3) is 4.21. The van der Waals surface area contributed by atoms with Crippen LogP contribution in [0.4, 0.5) is 13.2 Å². The number of aromatic nitrogens is 4. The van der Waals surface area contributed by atoms with E-state index in [0.29, 0.717) is 48.0 Å². The lowest BCUT2D eigenvalue weighted by molar-refractivity contribution is -0.137. The van der Waals surface area contributed by atoms with E-state index in [1.807, 2.05) is 6.07 Å². The Labute approximate surface area is 177 Å². The standard InChI is InChI=1S/C22H20F3N5O/c1-3-4-19(31)30-12-9-16-18(13-30)26-21(27-20(16)17-10-11-29(2)28-17)14-5-7-15(8-6-14)22(23,24)25/h3-8,10-11H,9,12-13H2,1-2H3/b4-3+. The van der Waals surface area contributed by atoms with Crippen LogP contribution in [0.25, 0.3) is 22.8 Å². The smallest absolute Gasteiger partial charge is 0.333 e. The van der Waals surface area contributed by atoms with Crippen molar-refractivity contribution in [3.8, 4) is 22.8 Å². The first-order valence-corrected chi connectivity index (χ1v) is 9.75. The number of hydrogen-bond donors (Lipinski definition) is 0. The fourth-order valence-corrected chi connectivity index (χ4v) is 3.56. The monoisotopic (exact) mass is 427 g/mol. The average molecular weight is 427 g/mol. The van der Waals surface area contributed by atoms with Crippen molar-refractivity contribution in [1.29, 1.82) is 0 Å². The first kappa shape index (κ1) is 20.8. The Morgan fingerprint density at radius 1 is 1.13 bits per heavy atom. The molecular formula is C22H20F3N5O. The lowest BCUT2D eigenvalue weighted by Gasteiger charge is -2.28. The third-order valence-corrected chi connectivity index (χ3v) is 5.11.